The summed E-state index contributed by atoms with van der Waals surface area (Å²) in [6.45, 7) is -0.531. The molecule has 0 bridgehead atoms. The number of rotatable bonds is 7. The van der Waals surface area contributed by atoms with E-state index in [-0.39, 0.29) is 21.0 Å². The first-order valence-corrected chi connectivity index (χ1v) is 10.8. The molecule has 9 nitrogen and oxygen atoms in total. The largest absolute Gasteiger partial charge is 0.480 e. The summed E-state index contributed by atoms with van der Waals surface area (Å²) in [4.78, 5) is 22.0. The first-order valence-electron chi connectivity index (χ1n) is 7.42. The van der Waals surface area contributed by atoms with Crippen molar-refractivity contribution in [3.8, 4) is 0 Å². The van der Waals surface area contributed by atoms with Gasteiger partial charge in [-0.25, -0.2) is 16.8 Å². The smallest absolute Gasteiger partial charge is 0.322 e. The van der Waals surface area contributed by atoms with Crippen molar-refractivity contribution in [1.29, 1.82) is 0 Å². The van der Waals surface area contributed by atoms with Gasteiger partial charge in [-0.1, -0.05) is 0 Å². The van der Waals surface area contributed by atoms with Crippen LogP contribution in [0.5, 0.6) is 0 Å². The van der Waals surface area contributed by atoms with Gasteiger partial charge in [-0.05, 0) is 48.5 Å². The summed E-state index contributed by atoms with van der Waals surface area (Å²) in [5.41, 5.74) is 0.341. The van der Waals surface area contributed by atoms with E-state index < -0.39 is 38.3 Å². The lowest BCUT2D eigenvalue weighted by Gasteiger charge is -2.09. The fraction of sp³-hybridized carbons (Fsp3) is 0.125. The predicted octanol–water partition coefficient (Wildman–Crippen LogP) is 0.705. The molecule has 2 aromatic rings. The first kappa shape index (κ1) is 20.4. The molecule has 0 radical (unpaired) electrons. The molecule has 3 N–H and O–H groups in total. The van der Waals surface area contributed by atoms with Crippen LogP contribution in [0, 0.1) is 0 Å². The van der Waals surface area contributed by atoms with Crippen LogP contribution in [0.3, 0.4) is 0 Å². The Morgan fingerprint density at radius 2 is 1.41 bits per heavy atom. The van der Waals surface area contributed by atoms with Crippen molar-refractivity contribution in [3.05, 3.63) is 54.1 Å². The second-order valence-electron chi connectivity index (χ2n) is 5.50. The number of carboxylic acids is 1. The van der Waals surface area contributed by atoms with Crippen LogP contribution < -0.4 is 10.0 Å². The molecular formula is C16H16N2O7S2. The van der Waals surface area contributed by atoms with E-state index in [2.05, 4.69) is 10.0 Å². The Hall–Kier alpha value is -2.92. The summed E-state index contributed by atoms with van der Waals surface area (Å²) < 4.78 is 49.9. The zero-order valence-electron chi connectivity index (χ0n) is 14.0. The van der Waals surface area contributed by atoms with E-state index >= 15 is 0 Å². The molecule has 0 spiro atoms. The number of carboxylic acid groups (broad SMARTS) is 1. The summed E-state index contributed by atoms with van der Waals surface area (Å²) >= 11 is 0. The van der Waals surface area contributed by atoms with E-state index in [1.54, 1.807) is 0 Å². The number of carbonyl (C=O) groups is 2. The summed E-state index contributed by atoms with van der Waals surface area (Å²) in [6, 6.07) is 10.1. The number of nitrogens with one attached hydrogen (secondary N) is 2. The van der Waals surface area contributed by atoms with Crippen molar-refractivity contribution in [3.63, 3.8) is 0 Å². The molecule has 2 aromatic carbocycles. The van der Waals surface area contributed by atoms with Gasteiger partial charge in [-0.2, -0.15) is 0 Å². The Morgan fingerprint density at radius 1 is 0.889 bits per heavy atom. The molecule has 0 aliphatic carbocycles. The summed E-state index contributed by atoms with van der Waals surface area (Å²) in [5.74, 6) is -1.79. The molecule has 144 valence electrons. The number of aliphatic carboxylic acids is 1. The zero-order valence-corrected chi connectivity index (χ0v) is 15.7. The van der Waals surface area contributed by atoms with Gasteiger partial charge in [0.25, 0.3) is 15.9 Å². The molecule has 1 amide bonds. The number of hydrogen-bond acceptors (Lipinski definition) is 6. The highest BCUT2D eigenvalue weighted by molar-refractivity contribution is 7.92. The third-order valence-corrected chi connectivity index (χ3v) is 5.89. The molecule has 0 heterocycles. The van der Waals surface area contributed by atoms with Gasteiger partial charge in [0.15, 0.2) is 9.84 Å². The number of hydrogen-bond donors (Lipinski definition) is 3. The molecule has 0 aromatic heterocycles. The third kappa shape index (κ3) is 5.53. The second kappa shape index (κ2) is 7.76. The minimum absolute atomic E-state index is 0.00169. The molecule has 0 saturated heterocycles. The van der Waals surface area contributed by atoms with Gasteiger partial charge in [0.1, 0.15) is 6.54 Å². The van der Waals surface area contributed by atoms with Gasteiger partial charge in [0.2, 0.25) is 0 Å². The van der Waals surface area contributed by atoms with Gasteiger partial charge >= 0.3 is 5.97 Å². The Bertz CT molecular complexity index is 1060. The van der Waals surface area contributed by atoms with Crippen molar-refractivity contribution in [2.24, 2.45) is 0 Å². The standard InChI is InChI=1S/C16H16N2O7S2/c1-26(22,23)13-6-8-14(9-7-13)27(24,25)18-12-4-2-11(3-5-12)16(21)17-10-15(19)20/h2-9,18H,10H2,1H3,(H,17,21)(H,19,20). The second-order valence-corrected chi connectivity index (χ2v) is 9.20. The van der Waals surface area contributed by atoms with E-state index in [9.17, 15) is 26.4 Å². The SMILES string of the molecule is CS(=O)(=O)c1ccc(S(=O)(=O)Nc2ccc(C(=O)NCC(=O)O)cc2)cc1. The Kier molecular flexibility index (Phi) is 5.86. The van der Waals surface area contributed by atoms with E-state index in [1.165, 1.54) is 48.5 Å². The molecule has 0 fully saturated rings. The lowest BCUT2D eigenvalue weighted by Crippen LogP contribution is -2.29. The van der Waals surface area contributed by atoms with Crippen LogP contribution >= 0.6 is 0 Å². The van der Waals surface area contributed by atoms with E-state index in [0.717, 1.165) is 6.26 Å². The monoisotopic (exact) mass is 412 g/mol. The average Bonchev–Trinajstić information content (AvgIpc) is 2.59. The van der Waals surface area contributed by atoms with Crippen molar-refractivity contribution >= 4 is 37.4 Å². The molecular weight excluding hydrogens is 396 g/mol. The Balaban J connectivity index is 2.13. The normalized spacial score (nSPS) is 11.6. The minimum Gasteiger partial charge on any atom is -0.480 e. The molecule has 2 rings (SSSR count). The molecule has 27 heavy (non-hydrogen) atoms. The van der Waals surface area contributed by atoms with Crippen LogP contribution in [0.2, 0.25) is 0 Å². The predicted molar refractivity (Wildman–Crippen MR) is 96.8 cm³/mol. The molecule has 0 atom stereocenters. The fourth-order valence-corrected chi connectivity index (χ4v) is 3.72. The van der Waals surface area contributed by atoms with Crippen molar-refractivity contribution in [2.75, 3.05) is 17.5 Å². The van der Waals surface area contributed by atoms with Gasteiger partial charge < -0.3 is 10.4 Å². The molecule has 0 saturated carbocycles. The van der Waals surface area contributed by atoms with Crippen molar-refractivity contribution in [1.82, 2.24) is 5.32 Å². The summed E-state index contributed by atoms with van der Waals surface area (Å²) in [6.07, 6.45) is 1.02. The number of amides is 1. The van der Waals surface area contributed by atoms with Gasteiger partial charge in [0, 0.05) is 17.5 Å². The van der Waals surface area contributed by atoms with E-state index in [0.29, 0.717) is 0 Å². The number of anilines is 1. The zero-order chi connectivity index (χ0) is 20.2. The quantitative estimate of drug-likeness (QED) is 0.607. The maximum Gasteiger partial charge on any atom is 0.322 e. The van der Waals surface area contributed by atoms with Crippen molar-refractivity contribution < 1.29 is 31.5 Å². The molecule has 0 aliphatic heterocycles. The van der Waals surface area contributed by atoms with Crippen LogP contribution in [0.15, 0.2) is 58.3 Å². The highest BCUT2D eigenvalue weighted by Gasteiger charge is 2.16. The number of sulfonamides is 1. The highest BCUT2D eigenvalue weighted by Crippen LogP contribution is 2.18. The summed E-state index contributed by atoms with van der Waals surface area (Å²) in [5, 5.41) is 10.7. The van der Waals surface area contributed by atoms with Crippen LogP contribution in [0.4, 0.5) is 5.69 Å². The van der Waals surface area contributed by atoms with Gasteiger partial charge in [-0.15, -0.1) is 0 Å². The lowest BCUT2D eigenvalue weighted by atomic mass is 10.2. The minimum atomic E-state index is -3.95. The summed E-state index contributed by atoms with van der Waals surface area (Å²) in [7, 11) is -7.39. The van der Waals surface area contributed by atoms with Gasteiger partial charge in [0.05, 0.1) is 9.79 Å². The van der Waals surface area contributed by atoms with Crippen LogP contribution in [0.25, 0.3) is 0 Å². The van der Waals surface area contributed by atoms with Crippen molar-refractivity contribution in [2.45, 2.75) is 9.79 Å². The Labute approximate surface area is 156 Å². The number of carbonyl (C=O) groups excluding carboxylic acids is 1. The topological polar surface area (TPSA) is 147 Å². The maximum absolute atomic E-state index is 12.4. The molecule has 0 unspecified atom stereocenters. The maximum atomic E-state index is 12.4. The van der Waals surface area contributed by atoms with Gasteiger partial charge in [-0.3, -0.25) is 14.3 Å². The fourth-order valence-electron chi connectivity index (χ4n) is 2.03. The number of sulfone groups is 1. The molecule has 11 heteroatoms. The highest BCUT2D eigenvalue weighted by atomic mass is 32.2. The van der Waals surface area contributed by atoms with E-state index in [4.69, 9.17) is 5.11 Å². The number of benzene rings is 2. The van der Waals surface area contributed by atoms with E-state index in [1.807, 2.05) is 0 Å². The van der Waals surface area contributed by atoms with Crippen LogP contribution in [-0.2, 0) is 24.7 Å². The lowest BCUT2D eigenvalue weighted by molar-refractivity contribution is -0.135. The van der Waals surface area contributed by atoms with Crippen LogP contribution in [-0.4, -0.2) is 46.6 Å². The first-order chi connectivity index (χ1) is 12.5. The average molecular weight is 412 g/mol. The molecule has 0 aliphatic rings. The Morgan fingerprint density at radius 3 is 1.89 bits per heavy atom. The third-order valence-electron chi connectivity index (χ3n) is 3.36. The van der Waals surface area contributed by atoms with Crippen LogP contribution in [0.1, 0.15) is 10.4 Å².